The van der Waals surface area contributed by atoms with Crippen LogP contribution >= 0.6 is 24.8 Å². The minimum atomic E-state index is -0.877. The van der Waals surface area contributed by atoms with Gasteiger partial charge in [0.25, 0.3) is 0 Å². The summed E-state index contributed by atoms with van der Waals surface area (Å²) in [5.41, 5.74) is 5.52. The summed E-state index contributed by atoms with van der Waals surface area (Å²) in [6.45, 7) is 0.361. The molecule has 0 radical (unpaired) electrons. The van der Waals surface area contributed by atoms with Gasteiger partial charge in [-0.15, -0.1) is 29.9 Å². The standard InChI is InChI=1S/C5H8N6O2.2ClH/c12-5(13)3-1-6-8-4(3)11-2-7-9-10-11;;/h2-4,6,8H,1H2,(H,12,13);2*1H. The van der Waals surface area contributed by atoms with Gasteiger partial charge in [0.1, 0.15) is 18.4 Å². The summed E-state index contributed by atoms with van der Waals surface area (Å²) < 4.78 is 1.37. The first-order chi connectivity index (χ1) is 6.29. The van der Waals surface area contributed by atoms with Crippen molar-refractivity contribution < 1.29 is 9.90 Å². The molecule has 2 rings (SSSR count). The summed E-state index contributed by atoms with van der Waals surface area (Å²) >= 11 is 0. The number of hydrogen-bond acceptors (Lipinski definition) is 6. The van der Waals surface area contributed by atoms with Crippen LogP contribution in [0.15, 0.2) is 6.33 Å². The van der Waals surface area contributed by atoms with Gasteiger partial charge in [0, 0.05) is 6.54 Å². The summed E-state index contributed by atoms with van der Waals surface area (Å²) in [6, 6.07) is 0. The van der Waals surface area contributed by atoms with E-state index < -0.39 is 18.1 Å². The molecule has 86 valence electrons. The zero-order chi connectivity index (χ0) is 9.26. The fourth-order valence-electron chi connectivity index (χ4n) is 1.25. The van der Waals surface area contributed by atoms with Crippen LogP contribution in [0.4, 0.5) is 0 Å². The summed E-state index contributed by atoms with van der Waals surface area (Å²) in [5.74, 6) is -1.43. The number of nitrogens with zero attached hydrogens (tertiary/aromatic N) is 4. The number of aliphatic carboxylic acids is 1. The number of aromatic nitrogens is 4. The number of nitrogens with one attached hydrogen (secondary N) is 2. The molecule has 1 fully saturated rings. The van der Waals surface area contributed by atoms with Crippen molar-refractivity contribution in [3.05, 3.63) is 6.33 Å². The second kappa shape index (κ2) is 5.81. The molecular weight excluding hydrogens is 247 g/mol. The maximum atomic E-state index is 10.7. The van der Waals surface area contributed by atoms with Crippen molar-refractivity contribution in [3.8, 4) is 0 Å². The van der Waals surface area contributed by atoms with E-state index >= 15 is 0 Å². The molecule has 8 nitrogen and oxygen atoms in total. The molecule has 0 aliphatic carbocycles. The predicted molar refractivity (Wildman–Crippen MR) is 53.6 cm³/mol. The van der Waals surface area contributed by atoms with Gasteiger partial charge in [0.2, 0.25) is 0 Å². The fourth-order valence-corrected chi connectivity index (χ4v) is 1.25. The maximum Gasteiger partial charge on any atom is 0.311 e. The van der Waals surface area contributed by atoms with E-state index in [0.717, 1.165) is 0 Å². The lowest BCUT2D eigenvalue weighted by atomic mass is 10.1. The molecule has 2 unspecified atom stereocenters. The number of tetrazole rings is 1. The summed E-state index contributed by atoms with van der Waals surface area (Å²) in [4.78, 5) is 10.7. The third-order valence-electron chi connectivity index (χ3n) is 1.92. The van der Waals surface area contributed by atoms with Crippen molar-refractivity contribution in [2.45, 2.75) is 6.17 Å². The van der Waals surface area contributed by atoms with Crippen molar-refractivity contribution in [2.75, 3.05) is 6.54 Å². The van der Waals surface area contributed by atoms with Gasteiger partial charge in [-0.3, -0.25) is 10.2 Å². The predicted octanol–water partition coefficient (Wildman–Crippen LogP) is -1.18. The van der Waals surface area contributed by atoms with E-state index in [1.807, 2.05) is 0 Å². The third-order valence-corrected chi connectivity index (χ3v) is 1.92. The topological polar surface area (TPSA) is 105 Å². The van der Waals surface area contributed by atoms with E-state index in [2.05, 4.69) is 26.4 Å². The fraction of sp³-hybridized carbons (Fsp3) is 0.600. The van der Waals surface area contributed by atoms with Crippen molar-refractivity contribution >= 4 is 30.8 Å². The quantitative estimate of drug-likeness (QED) is 0.612. The van der Waals surface area contributed by atoms with E-state index in [1.54, 1.807) is 0 Å². The summed E-state index contributed by atoms with van der Waals surface area (Å²) in [7, 11) is 0. The van der Waals surface area contributed by atoms with Gasteiger partial charge in [0.15, 0.2) is 0 Å². The summed E-state index contributed by atoms with van der Waals surface area (Å²) in [5, 5.41) is 19.3. The van der Waals surface area contributed by atoms with E-state index in [4.69, 9.17) is 5.11 Å². The largest absolute Gasteiger partial charge is 0.481 e. The van der Waals surface area contributed by atoms with Gasteiger partial charge in [-0.25, -0.2) is 10.1 Å². The first kappa shape index (κ1) is 14.0. The monoisotopic (exact) mass is 256 g/mol. The molecule has 0 amide bonds. The number of carboxylic acid groups (broad SMARTS) is 1. The average Bonchev–Trinajstić information content (AvgIpc) is 2.74. The van der Waals surface area contributed by atoms with Gasteiger partial charge < -0.3 is 5.11 Å². The van der Waals surface area contributed by atoms with Crippen molar-refractivity contribution in [1.29, 1.82) is 0 Å². The highest BCUT2D eigenvalue weighted by Gasteiger charge is 2.34. The van der Waals surface area contributed by atoms with E-state index in [1.165, 1.54) is 11.0 Å². The van der Waals surface area contributed by atoms with Crippen LogP contribution < -0.4 is 10.9 Å². The minimum absolute atomic E-state index is 0. The molecule has 10 heteroatoms. The van der Waals surface area contributed by atoms with Crippen molar-refractivity contribution in [3.63, 3.8) is 0 Å². The van der Waals surface area contributed by atoms with Crippen molar-refractivity contribution in [2.24, 2.45) is 5.92 Å². The molecule has 0 saturated carbocycles. The zero-order valence-corrected chi connectivity index (χ0v) is 9.03. The lowest BCUT2D eigenvalue weighted by molar-refractivity contribution is -0.142. The molecule has 0 spiro atoms. The second-order valence-corrected chi connectivity index (χ2v) is 2.70. The van der Waals surface area contributed by atoms with Crippen LogP contribution in [0, 0.1) is 5.92 Å². The van der Waals surface area contributed by atoms with E-state index in [-0.39, 0.29) is 24.8 Å². The van der Waals surface area contributed by atoms with Crippen LogP contribution in [0.3, 0.4) is 0 Å². The van der Waals surface area contributed by atoms with Crippen LogP contribution in [-0.2, 0) is 4.79 Å². The minimum Gasteiger partial charge on any atom is -0.481 e. The Morgan fingerprint density at radius 2 is 2.27 bits per heavy atom. The highest BCUT2D eigenvalue weighted by atomic mass is 35.5. The molecule has 1 aliphatic heterocycles. The molecule has 0 aromatic carbocycles. The maximum absolute atomic E-state index is 10.7. The number of hydrazine groups is 1. The van der Waals surface area contributed by atoms with Gasteiger partial charge in [-0.2, -0.15) is 0 Å². The highest BCUT2D eigenvalue weighted by molar-refractivity contribution is 5.85. The summed E-state index contributed by atoms with van der Waals surface area (Å²) in [6.07, 6.45) is 0.952. The SMILES string of the molecule is Cl.Cl.O=C(O)C1CNNC1n1cnnn1. The number of hydrogen-bond donors (Lipinski definition) is 3. The molecule has 2 heterocycles. The Kier molecular flexibility index (Phi) is 5.44. The second-order valence-electron chi connectivity index (χ2n) is 2.70. The molecular formula is C5H10Cl2N6O2. The van der Waals surface area contributed by atoms with Gasteiger partial charge in [-0.05, 0) is 10.4 Å². The number of carbonyl (C=O) groups is 1. The van der Waals surface area contributed by atoms with Gasteiger partial charge in [0.05, 0.1) is 0 Å². The van der Waals surface area contributed by atoms with Crippen molar-refractivity contribution in [1.82, 2.24) is 31.1 Å². The third kappa shape index (κ3) is 2.75. The molecule has 0 bridgehead atoms. The lowest BCUT2D eigenvalue weighted by Gasteiger charge is -2.12. The zero-order valence-electron chi connectivity index (χ0n) is 7.40. The van der Waals surface area contributed by atoms with E-state index in [9.17, 15) is 4.79 Å². The number of carboxylic acids is 1. The number of halogens is 2. The van der Waals surface area contributed by atoms with E-state index in [0.29, 0.717) is 6.54 Å². The highest BCUT2D eigenvalue weighted by Crippen LogP contribution is 2.16. The van der Waals surface area contributed by atoms with Crippen LogP contribution in [0.2, 0.25) is 0 Å². The Bertz CT molecular complexity index is 306. The first-order valence-corrected chi connectivity index (χ1v) is 3.72. The average molecular weight is 257 g/mol. The Labute approximate surface area is 97.2 Å². The Hall–Kier alpha value is -0.960. The molecule has 1 aromatic heterocycles. The van der Waals surface area contributed by atoms with Crippen LogP contribution in [0.1, 0.15) is 6.17 Å². The molecule has 2 atom stereocenters. The smallest absolute Gasteiger partial charge is 0.311 e. The molecule has 1 aliphatic rings. The number of rotatable bonds is 2. The van der Waals surface area contributed by atoms with Crippen LogP contribution in [0.5, 0.6) is 0 Å². The lowest BCUT2D eigenvalue weighted by Crippen LogP contribution is -2.31. The normalized spacial score (nSPS) is 24.0. The first-order valence-electron chi connectivity index (χ1n) is 3.72. The van der Waals surface area contributed by atoms with Crippen LogP contribution in [-0.4, -0.2) is 37.8 Å². The molecule has 1 aromatic rings. The van der Waals surface area contributed by atoms with Gasteiger partial charge >= 0.3 is 5.97 Å². The Balaban J connectivity index is 0.000000980. The Morgan fingerprint density at radius 1 is 1.53 bits per heavy atom. The molecule has 1 saturated heterocycles. The molecule has 15 heavy (non-hydrogen) atoms. The van der Waals surface area contributed by atoms with Gasteiger partial charge in [-0.1, -0.05) is 0 Å². The molecule has 3 N–H and O–H groups in total. The van der Waals surface area contributed by atoms with Crippen LogP contribution in [0.25, 0.3) is 0 Å². The Morgan fingerprint density at radius 3 is 2.80 bits per heavy atom.